The minimum atomic E-state index is -3.83. The van der Waals surface area contributed by atoms with Crippen molar-refractivity contribution in [3.63, 3.8) is 0 Å². The molecular formula is H9NaO12S6. The molecule has 12 nitrogen and oxygen atoms in total. The maximum absolute atomic E-state index is 9.11. The first kappa shape index (κ1) is 32.6. The molecule has 0 amide bonds. The molecule has 0 aromatic carbocycles. The van der Waals surface area contributed by atoms with Crippen LogP contribution in [0, 0.1) is 0 Å². The summed E-state index contributed by atoms with van der Waals surface area (Å²) in [7, 11) is -7.67. The molecule has 19 heteroatoms. The third kappa shape index (κ3) is 2090. The first-order chi connectivity index (χ1) is 7.46. The van der Waals surface area contributed by atoms with Crippen molar-refractivity contribution in [1.29, 1.82) is 0 Å². The van der Waals surface area contributed by atoms with E-state index in [1.807, 2.05) is 0 Å². The van der Waals surface area contributed by atoms with Gasteiger partial charge in [0.2, 0.25) is 0 Å². The first-order valence-corrected chi connectivity index (χ1v) is 9.38. The SMILES string of the molecule is O=S(O)(O)=S.O=S(O)(O)=S.O=S(O)O.O=S(O)O.[H-].[Na+]. The van der Waals surface area contributed by atoms with Gasteiger partial charge in [-0.15, -0.1) is 0 Å². The zero-order valence-electron chi connectivity index (χ0n) is 9.66. The Hall–Kier alpha value is 1.72. The van der Waals surface area contributed by atoms with Crippen LogP contribution in [0.3, 0.4) is 0 Å². The molecule has 8 N–H and O–H groups in total. The third-order valence-electron chi connectivity index (χ3n) is 0. The summed E-state index contributed by atoms with van der Waals surface area (Å²) < 4.78 is 93.6. The van der Waals surface area contributed by atoms with Crippen LogP contribution in [0.4, 0.5) is 0 Å². The Morgan fingerprint density at radius 1 is 0.737 bits per heavy atom. The fraction of sp³-hybridized carbons (Fsp3) is 0. The maximum Gasteiger partial charge on any atom is 1.00 e. The summed E-state index contributed by atoms with van der Waals surface area (Å²) in [5, 5.41) is 0. The van der Waals surface area contributed by atoms with Gasteiger partial charge in [0.25, 0.3) is 40.8 Å². The predicted molar refractivity (Wildman–Crippen MR) is 69.4 cm³/mol. The summed E-state index contributed by atoms with van der Waals surface area (Å²) >= 11 is 1.71. The van der Waals surface area contributed by atoms with Crippen molar-refractivity contribution in [3.8, 4) is 0 Å². The Labute approximate surface area is 146 Å². The maximum atomic E-state index is 9.11. The van der Waals surface area contributed by atoms with Gasteiger partial charge in [0.15, 0.2) is 0 Å². The van der Waals surface area contributed by atoms with Gasteiger partial charge >= 0.3 is 29.6 Å². The minimum Gasteiger partial charge on any atom is -1.00 e. The Morgan fingerprint density at radius 3 is 0.737 bits per heavy atom. The Bertz CT molecular complexity index is 355. The molecule has 0 rings (SSSR count). The quantitative estimate of drug-likeness (QED) is 0.138. The van der Waals surface area contributed by atoms with Crippen LogP contribution in [0.2, 0.25) is 0 Å². The minimum absolute atomic E-state index is 0. The molecule has 0 atom stereocenters. The van der Waals surface area contributed by atoms with E-state index in [0.29, 0.717) is 0 Å². The zero-order valence-corrected chi connectivity index (χ0v) is 15.6. The summed E-state index contributed by atoms with van der Waals surface area (Å²) in [6.45, 7) is 0. The molecule has 0 unspecified atom stereocenters. The van der Waals surface area contributed by atoms with E-state index in [0.717, 1.165) is 0 Å². The number of hydrogen-bond acceptors (Lipinski definition) is 6. The molecule has 0 aromatic heterocycles. The molecule has 0 bridgehead atoms. The van der Waals surface area contributed by atoms with Crippen molar-refractivity contribution in [2.75, 3.05) is 0 Å². The topological polar surface area (TPSA) is 230 Å². The molecule has 0 fully saturated rings. The normalized spacial score (nSPS) is 9.79. The van der Waals surface area contributed by atoms with Crippen LogP contribution < -0.4 is 29.6 Å². The molecule has 0 heterocycles. The standard InChI is InChI=1S/Na.2H2O3S2.2H2O3S.H/c;2*1-5(2,3)4;2*1-4(2)3;/h;2*(H2,1,2,3,4);2*(H2,1,2,3);/q+1;;;;;-1. The van der Waals surface area contributed by atoms with Crippen molar-refractivity contribution >= 4 is 63.2 Å². The molecule has 0 aliphatic rings. The van der Waals surface area contributed by atoms with Crippen molar-refractivity contribution < 1.29 is 84.2 Å². The van der Waals surface area contributed by atoms with Crippen molar-refractivity contribution in [2.24, 2.45) is 0 Å². The van der Waals surface area contributed by atoms with Crippen LogP contribution in [-0.2, 0) is 63.2 Å². The molecular weight excluding hydrogens is 407 g/mol. The van der Waals surface area contributed by atoms with E-state index >= 15 is 0 Å². The van der Waals surface area contributed by atoms with Crippen LogP contribution >= 0.6 is 0 Å². The van der Waals surface area contributed by atoms with Crippen LogP contribution in [0.15, 0.2) is 0 Å². The van der Waals surface area contributed by atoms with Crippen molar-refractivity contribution in [3.05, 3.63) is 0 Å². The second-order valence-corrected chi connectivity index (χ2v) is 6.68. The van der Waals surface area contributed by atoms with Crippen LogP contribution in [-0.4, -0.2) is 53.3 Å². The van der Waals surface area contributed by atoms with E-state index in [-0.39, 0.29) is 31.0 Å². The molecule has 0 aromatic rings. The van der Waals surface area contributed by atoms with Crippen molar-refractivity contribution in [1.82, 2.24) is 0 Å². The van der Waals surface area contributed by atoms with Gasteiger partial charge in [-0.2, -0.15) is 16.8 Å². The first-order valence-electron chi connectivity index (χ1n) is 2.46. The summed E-state index contributed by atoms with van der Waals surface area (Å²) in [4.78, 5) is 0. The smallest absolute Gasteiger partial charge is 1.00 e. The Balaban J connectivity index is -0.0000000318. The van der Waals surface area contributed by atoms with E-state index < -0.39 is 40.8 Å². The van der Waals surface area contributed by atoms with Crippen molar-refractivity contribution in [2.45, 2.75) is 0 Å². The monoisotopic (exact) mass is 416 g/mol. The summed E-state index contributed by atoms with van der Waals surface area (Å²) in [5.74, 6) is 0. The fourth-order valence-corrected chi connectivity index (χ4v) is 0. The Kier molecular flexibility index (Phi) is 30.5. The molecule has 0 saturated carbocycles. The largest absolute Gasteiger partial charge is 1.00 e. The average molecular weight is 416 g/mol. The van der Waals surface area contributed by atoms with Crippen LogP contribution in [0.1, 0.15) is 1.43 Å². The van der Waals surface area contributed by atoms with Gasteiger partial charge in [0, 0.05) is 22.4 Å². The van der Waals surface area contributed by atoms with Gasteiger partial charge in [0.05, 0.1) is 0 Å². The van der Waals surface area contributed by atoms with E-state index in [1.165, 1.54) is 0 Å². The van der Waals surface area contributed by atoms with E-state index in [1.54, 1.807) is 0 Å². The number of rotatable bonds is 0. The third-order valence-corrected chi connectivity index (χ3v) is 0. The van der Waals surface area contributed by atoms with Gasteiger partial charge < -0.3 is 1.43 Å². The predicted octanol–water partition coefficient (Wildman–Crippen LogP) is -4.16. The zero-order chi connectivity index (χ0) is 16.2. The molecule has 0 saturated heterocycles. The van der Waals surface area contributed by atoms with E-state index in [4.69, 9.17) is 53.3 Å². The fourth-order valence-electron chi connectivity index (χ4n) is 0. The molecule has 0 radical (unpaired) electrons. The molecule has 0 spiro atoms. The summed E-state index contributed by atoms with van der Waals surface area (Å²) in [6, 6.07) is 0. The number of hydrogen-bond donors (Lipinski definition) is 8. The molecule has 19 heavy (non-hydrogen) atoms. The van der Waals surface area contributed by atoms with Gasteiger partial charge in [-0.1, -0.05) is 0 Å². The molecule has 0 aliphatic heterocycles. The average Bonchev–Trinajstić information content (AvgIpc) is 1.70. The Morgan fingerprint density at radius 2 is 0.737 bits per heavy atom. The van der Waals surface area contributed by atoms with E-state index in [9.17, 15) is 0 Å². The van der Waals surface area contributed by atoms with Crippen LogP contribution in [0.5, 0.6) is 0 Å². The van der Waals surface area contributed by atoms with E-state index in [2.05, 4.69) is 22.4 Å². The van der Waals surface area contributed by atoms with Gasteiger partial charge in [-0.05, 0) is 0 Å². The second-order valence-electron chi connectivity index (χ2n) is 1.36. The van der Waals surface area contributed by atoms with Gasteiger partial charge in [0.1, 0.15) is 0 Å². The summed E-state index contributed by atoms with van der Waals surface area (Å²) in [6.07, 6.45) is 0. The molecule has 0 aliphatic carbocycles. The summed E-state index contributed by atoms with van der Waals surface area (Å²) in [5.41, 5.74) is 0. The molecule has 118 valence electrons. The van der Waals surface area contributed by atoms with Gasteiger partial charge in [-0.3, -0.25) is 36.4 Å². The van der Waals surface area contributed by atoms with Crippen LogP contribution in [0.25, 0.3) is 0 Å². The van der Waals surface area contributed by atoms with Gasteiger partial charge in [-0.25, -0.2) is 0 Å². The second kappa shape index (κ2) is 17.8.